The number of nitrogens with two attached hydrogens (primary N) is 1. The average Bonchev–Trinajstić information content (AvgIpc) is 2.46. The molecular weight excluding hydrogens is 280 g/mol. The van der Waals surface area contributed by atoms with Gasteiger partial charge in [0.1, 0.15) is 5.75 Å². The first kappa shape index (κ1) is 15.1. The number of rotatable bonds is 3. The topological polar surface area (TPSA) is 64.8 Å². The Hall–Kier alpha value is -1.30. The Kier molecular flexibility index (Phi) is 4.86. The number of halogens is 1. The van der Waals surface area contributed by atoms with Crippen LogP contribution in [0, 0.1) is 0 Å². The fourth-order valence-electron chi connectivity index (χ4n) is 2.36. The number of nitrogens with zero attached hydrogens (tertiary/aromatic N) is 1. The molecule has 0 bridgehead atoms. The van der Waals surface area contributed by atoms with Gasteiger partial charge in [0, 0.05) is 36.8 Å². The van der Waals surface area contributed by atoms with Crippen LogP contribution in [0.25, 0.3) is 0 Å². The van der Waals surface area contributed by atoms with E-state index in [4.69, 9.17) is 26.8 Å². The minimum Gasteiger partial charge on any atom is -0.497 e. The molecule has 0 saturated carbocycles. The molecule has 2 atom stereocenters. The van der Waals surface area contributed by atoms with Crippen molar-refractivity contribution in [1.29, 1.82) is 0 Å². The summed E-state index contributed by atoms with van der Waals surface area (Å²) in [5.74, 6) is 0.484. The van der Waals surface area contributed by atoms with Crippen LogP contribution >= 0.6 is 11.6 Å². The Morgan fingerprint density at radius 2 is 2.15 bits per heavy atom. The highest BCUT2D eigenvalue weighted by Crippen LogP contribution is 2.23. The number of amides is 1. The molecule has 1 aliphatic heterocycles. The van der Waals surface area contributed by atoms with Crippen molar-refractivity contribution in [3.63, 3.8) is 0 Å². The van der Waals surface area contributed by atoms with Gasteiger partial charge in [-0.05, 0) is 24.6 Å². The molecular formula is C14H19ClN2O3. The Bertz CT molecular complexity index is 495. The molecule has 5 nitrogen and oxygen atoms in total. The Balaban J connectivity index is 2.17. The summed E-state index contributed by atoms with van der Waals surface area (Å²) in [4.78, 5) is 14.2. The summed E-state index contributed by atoms with van der Waals surface area (Å²) in [5, 5.41) is 0.477. The van der Waals surface area contributed by atoms with E-state index in [1.165, 1.54) is 0 Å². The van der Waals surface area contributed by atoms with Crippen LogP contribution in [0.5, 0.6) is 5.75 Å². The third-order valence-corrected chi connectivity index (χ3v) is 3.77. The number of methoxy groups -OCH3 is 2. The zero-order valence-electron chi connectivity index (χ0n) is 11.6. The van der Waals surface area contributed by atoms with Crippen LogP contribution in [0.15, 0.2) is 18.2 Å². The van der Waals surface area contributed by atoms with Crippen LogP contribution in [0.4, 0.5) is 0 Å². The largest absolute Gasteiger partial charge is 0.497 e. The summed E-state index contributed by atoms with van der Waals surface area (Å²) in [5.41, 5.74) is 6.47. The molecule has 1 fully saturated rings. The lowest BCUT2D eigenvalue weighted by Gasteiger charge is -2.36. The highest BCUT2D eigenvalue weighted by atomic mass is 35.5. The number of hydrogen-bond donors (Lipinski definition) is 1. The number of likely N-dealkylation sites (tertiary alicyclic amines) is 1. The number of ether oxygens (including phenoxy) is 2. The van der Waals surface area contributed by atoms with E-state index in [-0.39, 0.29) is 18.1 Å². The monoisotopic (exact) mass is 298 g/mol. The normalized spacial score (nSPS) is 22.7. The van der Waals surface area contributed by atoms with E-state index in [1.807, 2.05) is 0 Å². The maximum Gasteiger partial charge on any atom is 0.254 e. The van der Waals surface area contributed by atoms with E-state index in [9.17, 15) is 4.79 Å². The Morgan fingerprint density at radius 3 is 2.80 bits per heavy atom. The Labute approximate surface area is 123 Å². The second-order valence-corrected chi connectivity index (χ2v) is 5.29. The van der Waals surface area contributed by atoms with Gasteiger partial charge in [0.25, 0.3) is 5.91 Å². The van der Waals surface area contributed by atoms with E-state index in [2.05, 4.69) is 0 Å². The molecule has 110 valence electrons. The van der Waals surface area contributed by atoms with E-state index in [1.54, 1.807) is 37.3 Å². The first-order valence-electron chi connectivity index (χ1n) is 6.47. The molecule has 6 heteroatoms. The lowest BCUT2D eigenvalue weighted by Crippen LogP contribution is -2.53. The van der Waals surface area contributed by atoms with E-state index < -0.39 is 0 Å². The summed E-state index contributed by atoms with van der Waals surface area (Å²) in [7, 11) is 3.15. The SMILES string of the molecule is COc1cc(Cl)cc(C(=O)N2CC[C@H](N)[C@H](OC)C2)c1. The van der Waals surface area contributed by atoms with Gasteiger partial charge in [-0.25, -0.2) is 0 Å². The predicted molar refractivity (Wildman–Crippen MR) is 77.3 cm³/mol. The molecule has 0 unspecified atom stereocenters. The third-order valence-electron chi connectivity index (χ3n) is 3.55. The molecule has 1 saturated heterocycles. The Morgan fingerprint density at radius 1 is 1.40 bits per heavy atom. The minimum absolute atomic E-state index is 0.0297. The molecule has 1 amide bonds. The molecule has 1 heterocycles. The fourth-order valence-corrected chi connectivity index (χ4v) is 2.58. The highest BCUT2D eigenvalue weighted by molar-refractivity contribution is 6.31. The third kappa shape index (κ3) is 3.23. The number of carbonyl (C=O) groups excluding carboxylic acids is 1. The molecule has 1 aliphatic rings. The number of carbonyl (C=O) groups is 1. The number of piperidine rings is 1. The molecule has 2 N–H and O–H groups in total. The number of benzene rings is 1. The molecule has 1 aromatic carbocycles. The molecule has 0 aliphatic carbocycles. The quantitative estimate of drug-likeness (QED) is 0.919. The lowest BCUT2D eigenvalue weighted by atomic mass is 10.0. The van der Waals surface area contributed by atoms with Gasteiger partial charge in [-0.2, -0.15) is 0 Å². The standard InChI is InChI=1S/C14H19ClN2O3/c1-19-11-6-9(5-10(15)7-11)14(18)17-4-3-12(16)13(8-17)20-2/h5-7,12-13H,3-4,8,16H2,1-2H3/t12-,13+/m0/s1. The van der Waals surface area contributed by atoms with Gasteiger partial charge < -0.3 is 20.1 Å². The van der Waals surface area contributed by atoms with Crippen LogP contribution in [0.1, 0.15) is 16.8 Å². The maximum absolute atomic E-state index is 12.5. The highest BCUT2D eigenvalue weighted by Gasteiger charge is 2.29. The van der Waals surface area contributed by atoms with Crippen molar-refractivity contribution < 1.29 is 14.3 Å². The van der Waals surface area contributed by atoms with Gasteiger partial charge >= 0.3 is 0 Å². The van der Waals surface area contributed by atoms with Crippen molar-refractivity contribution in [1.82, 2.24) is 4.90 Å². The molecule has 1 aromatic rings. The van der Waals surface area contributed by atoms with Crippen LogP contribution in [0.2, 0.25) is 5.02 Å². The molecule has 0 aromatic heterocycles. The molecule has 2 rings (SSSR count). The van der Waals surface area contributed by atoms with Crippen LogP contribution in [0.3, 0.4) is 0 Å². The minimum atomic E-state index is -0.131. The van der Waals surface area contributed by atoms with E-state index in [0.29, 0.717) is 29.4 Å². The van der Waals surface area contributed by atoms with E-state index in [0.717, 1.165) is 6.42 Å². The summed E-state index contributed by atoms with van der Waals surface area (Å²) < 4.78 is 10.5. The van der Waals surface area contributed by atoms with Gasteiger partial charge in [0.2, 0.25) is 0 Å². The van der Waals surface area contributed by atoms with Crippen molar-refractivity contribution in [2.24, 2.45) is 5.73 Å². The summed E-state index contributed by atoms with van der Waals surface area (Å²) >= 11 is 6.00. The van der Waals surface area contributed by atoms with Crippen molar-refractivity contribution in [3.8, 4) is 5.75 Å². The summed E-state index contributed by atoms with van der Waals surface area (Å²) in [6.07, 6.45) is 0.593. The van der Waals surface area contributed by atoms with Crippen molar-refractivity contribution in [2.75, 3.05) is 27.3 Å². The zero-order chi connectivity index (χ0) is 14.7. The van der Waals surface area contributed by atoms with Gasteiger partial charge in [-0.15, -0.1) is 0 Å². The van der Waals surface area contributed by atoms with Crippen LogP contribution < -0.4 is 10.5 Å². The second-order valence-electron chi connectivity index (χ2n) is 4.86. The molecule has 0 radical (unpaired) electrons. The van der Waals surface area contributed by atoms with Gasteiger partial charge in [0.05, 0.1) is 13.2 Å². The zero-order valence-corrected chi connectivity index (χ0v) is 12.4. The van der Waals surface area contributed by atoms with E-state index >= 15 is 0 Å². The maximum atomic E-state index is 12.5. The van der Waals surface area contributed by atoms with Crippen molar-refractivity contribution in [3.05, 3.63) is 28.8 Å². The summed E-state index contributed by atoms with van der Waals surface area (Å²) in [6.45, 7) is 1.11. The first-order chi connectivity index (χ1) is 9.55. The lowest BCUT2D eigenvalue weighted by molar-refractivity contribution is 0.0162. The van der Waals surface area contributed by atoms with Gasteiger partial charge in [-0.1, -0.05) is 11.6 Å². The first-order valence-corrected chi connectivity index (χ1v) is 6.85. The summed E-state index contributed by atoms with van der Waals surface area (Å²) in [6, 6.07) is 4.97. The fraction of sp³-hybridized carbons (Fsp3) is 0.500. The second kappa shape index (κ2) is 6.43. The average molecular weight is 299 g/mol. The van der Waals surface area contributed by atoms with Crippen molar-refractivity contribution in [2.45, 2.75) is 18.6 Å². The van der Waals surface area contributed by atoms with Crippen LogP contribution in [-0.2, 0) is 4.74 Å². The smallest absolute Gasteiger partial charge is 0.254 e. The van der Waals surface area contributed by atoms with Gasteiger partial charge in [-0.3, -0.25) is 4.79 Å². The van der Waals surface area contributed by atoms with Gasteiger partial charge in [0.15, 0.2) is 0 Å². The number of hydrogen-bond acceptors (Lipinski definition) is 4. The van der Waals surface area contributed by atoms with Crippen LogP contribution in [-0.4, -0.2) is 50.3 Å². The predicted octanol–water partition coefficient (Wildman–Crippen LogP) is 1.54. The molecule has 0 spiro atoms. The van der Waals surface area contributed by atoms with Crippen molar-refractivity contribution >= 4 is 17.5 Å². The molecule has 20 heavy (non-hydrogen) atoms.